The van der Waals surface area contributed by atoms with Gasteiger partial charge in [0.15, 0.2) is 0 Å². The van der Waals surface area contributed by atoms with E-state index < -0.39 is 0 Å². The Morgan fingerprint density at radius 2 is 2.05 bits per heavy atom. The van der Waals surface area contributed by atoms with Gasteiger partial charge in [0.1, 0.15) is 10.9 Å². The van der Waals surface area contributed by atoms with Crippen molar-refractivity contribution in [2.24, 2.45) is 5.73 Å². The van der Waals surface area contributed by atoms with Crippen LogP contribution in [0.5, 0.6) is 0 Å². The van der Waals surface area contributed by atoms with E-state index in [2.05, 4.69) is 33.1 Å². The number of hydrogen-bond acceptors (Lipinski definition) is 4. The topological polar surface area (TPSA) is 75.7 Å². The molecule has 21 heavy (non-hydrogen) atoms. The molecule has 1 heterocycles. The van der Waals surface area contributed by atoms with Gasteiger partial charge in [-0.15, -0.1) is 5.10 Å². The highest BCUT2D eigenvalue weighted by molar-refractivity contribution is 9.10. The van der Waals surface area contributed by atoms with E-state index in [4.69, 9.17) is 11.1 Å². The van der Waals surface area contributed by atoms with Gasteiger partial charge in [-0.1, -0.05) is 47.6 Å². The predicted molar refractivity (Wildman–Crippen MR) is 90.1 cm³/mol. The van der Waals surface area contributed by atoms with Crippen molar-refractivity contribution >= 4 is 33.5 Å². The molecule has 0 fully saturated rings. The lowest BCUT2D eigenvalue weighted by atomic mass is 10.0. The summed E-state index contributed by atoms with van der Waals surface area (Å²) in [4.78, 5) is 1.03. The smallest absolute Gasteiger partial charge is 0.135 e. The summed E-state index contributed by atoms with van der Waals surface area (Å²) in [6, 6.07) is 7.95. The van der Waals surface area contributed by atoms with E-state index in [9.17, 15) is 0 Å². The number of nitrogens with zero attached hydrogens (tertiary/aromatic N) is 2. The molecule has 0 bridgehead atoms. The van der Waals surface area contributed by atoms with E-state index in [1.54, 1.807) is 0 Å². The first-order valence-electron chi connectivity index (χ1n) is 6.73. The third-order valence-corrected chi connectivity index (χ3v) is 4.56. The second-order valence-electron chi connectivity index (χ2n) is 4.49. The first kappa shape index (κ1) is 16.0. The third-order valence-electron chi connectivity index (χ3n) is 3.09. The zero-order valence-corrected chi connectivity index (χ0v) is 14.4. The number of hydrogen-bond donors (Lipinski definition) is 2. The number of amidine groups is 1. The van der Waals surface area contributed by atoms with Crippen molar-refractivity contribution in [2.75, 3.05) is 0 Å². The van der Waals surface area contributed by atoms with Crippen molar-refractivity contribution in [1.82, 2.24) is 10.2 Å². The van der Waals surface area contributed by atoms with Gasteiger partial charge in [0.2, 0.25) is 0 Å². The number of aryl methyl sites for hydroxylation is 1. The Hall–Kier alpha value is -1.40. The molecule has 1 aromatic heterocycles. The highest BCUT2D eigenvalue weighted by Gasteiger charge is 2.17. The molecule has 0 atom stereocenters. The zero-order chi connectivity index (χ0) is 15.4. The van der Waals surface area contributed by atoms with Crippen LogP contribution < -0.4 is 5.73 Å². The second kappa shape index (κ2) is 7.04. The molecule has 0 saturated heterocycles. The number of rotatable bonds is 5. The van der Waals surface area contributed by atoms with Crippen molar-refractivity contribution in [1.29, 1.82) is 5.41 Å². The average molecular weight is 365 g/mol. The van der Waals surface area contributed by atoms with Crippen molar-refractivity contribution in [3.05, 3.63) is 45.6 Å². The summed E-state index contributed by atoms with van der Waals surface area (Å²) >= 11 is 4.94. The SMILES string of the molecule is CCc1nnc(Sc2cccc(Br)c2)c(C(=N)N)c1CC. The van der Waals surface area contributed by atoms with Crippen LogP contribution in [0.15, 0.2) is 38.7 Å². The van der Waals surface area contributed by atoms with Gasteiger partial charge in [-0.25, -0.2) is 0 Å². The van der Waals surface area contributed by atoms with E-state index in [-0.39, 0.29) is 5.84 Å². The number of nitrogen functional groups attached to an aromatic ring is 1. The van der Waals surface area contributed by atoms with Gasteiger partial charge < -0.3 is 5.73 Å². The largest absolute Gasteiger partial charge is 0.384 e. The average Bonchev–Trinajstić information content (AvgIpc) is 2.46. The lowest BCUT2D eigenvalue weighted by Gasteiger charge is -2.14. The summed E-state index contributed by atoms with van der Waals surface area (Å²) in [5.74, 6) is 0.0500. The quantitative estimate of drug-likeness (QED) is 0.624. The summed E-state index contributed by atoms with van der Waals surface area (Å²) in [5, 5.41) is 17.2. The van der Waals surface area contributed by atoms with E-state index in [1.165, 1.54) is 11.8 Å². The van der Waals surface area contributed by atoms with E-state index in [1.807, 2.05) is 31.2 Å². The fraction of sp³-hybridized carbons (Fsp3) is 0.267. The minimum Gasteiger partial charge on any atom is -0.384 e. The molecule has 0 unspecified atom stereocenters. The normalized spacial score (nSPS) is 10.6. The van der Waals surface area contributed by atoms with Crippen molar-refractivity contribution in [3.8, 4) is 0 Å². The minimum atomic E-state index is 0.0500. The van der Waals surface area contributed by atoms with Gasteiger partial charge in [0.05, 0.1) is 11.3 Å². The van der Waals surface area contributed by atoms with E-state index in [0.717, 1.165) is 33.5 Å². The highest BCUT2D eigenvalue weighted by atomic mass is 79.9. The maximum Gasteiger partial charge on any atom is 0.135 e. The summed E-state index contributed by atoms with van der Waals surface area (Å²) in [6.45, 7) is 4.09. The van der Waals surface area contributed by atoms with Crippen LogP contribution in [0.4, 0.5) is 0 Å². The molecule has 0 aliphatic carbocycles. The van der Waals surface area contributed by atoms with Crippen LogP contribution in [-0.2, 0) is 12.8 Å². The molecular weight excluding hydrogens is 348 g/mol. The molecular formula is C15H17BrN4S. The Morgan fingerprint density at radius 1 is 1.29 bits per heavy atom. The molecule has 2 rings (SSSR count). The molecule has 3 N–H and O–H groups in total. The van der Waals surface area contributed by atoms with Crippen LogP contribution >= 0.6 is 27.7 Å². The zero-order valence-electron chi connectivity index (χ0n) is 12.0. The van der Waals surface area contributed by atoms with Gasteiger partial charge in [-0.05, 0) is 36.6 Å². The van der Waals surface area contributed by atoms with Crippen LogP contribution in [0, 0.1) is 5.41 Å². The number of benzene rings is 1. The highest BCUT2D eigenvalue weighted by Crippen LogP contribution is 2.32. The fourth-order valence-electron chi connectivity index (χ4n) is 2.15. The van der Waals surface area contributed by atoms with Gasteiger partial charge in [-0.3, -0.25) is 5.41 Å². The Morgan fingerprint density at radius 3 is 2.62 bits per heavy atom. The summed E-state index contributed by atoms with van der Waals surface area (Å²) in [6.07, 6.45) is 1.58. The maximum absolute atomic E-state index is 7.89. The fourth-order valence-corrected chi connectivity index (χ4v) is 3.67. The lowest BCUT2D eigenvalue weighted by molar-refractivity contribution is 0.819. The molecule has 0 aliphatic rings. The Bertz CT molecular complexity index is 673. The van der Waals surface area contributed by atoms with Crippen LogP contribution in [-0.4, -0.2) is 16.0 Å². The van der Waals surface area contributed by atoms with Crippen LogP contribution in [0.1, 0.15) is 30.7 Å². The van der Waals surface area contributed by atoms with E-state index in [0.29, 0.717) is 10.6 Å². The number of nitrogens with two attached hydrogens (primary N) is 1. The maximum atomic E-state index is 7.89. The number of nitrogens with one attached hydrogen (secondary N) is 1. The van der Waals surface area contributed by atoms with Crippen LogP contribution in [0.25, 0.3) is 0 Å². The standard InChI is InChI=1S/C15H17BrN4S/c1-3-11-12(4-2)19-20-15(13(11)14(17)18)21-10-7-5-6-9(16)8-10/h5-8H,3-4H2,1-2H3,(H3,17,18). The lowest BCUT2D eigenvalue weighted by Crippen LogP contribution is -2.18. The van der Waals surface area contributed by atoms with E-state index >= 15 is 0 Å². The number of halogens is 1. The third kappa shape index (κ3) is 3.63. The molecule has 0 amide bonds. The molecule has 0 spiro atoms. The van der Waals surface area contributed by atoms with Crippen LogP contribution in [0.2, 0.25) is 0 Å². The molecule has 4 nitrogen and oxygen atoms in total. The molecule has 0 aliphatic heterocycles. The Kier molecular flexibility index (Phi) is 5.36. The molecule has 0 radical (unpaired) electrons. The summed E-state index contributed by atoms with van der Waals surface area (Å²) in [5.41, 5.74) is 8.45. The van der Waals surface area contributed by atoms with Crippen molar-refractivity contribution in [3.63, 3.8) is 0 Å². The molecule has 110 valence electrons. The Labute approximate surface area is 137 Å². The predicted octanol–water partition coefficient (Wildman–Crippen LogP) is 3.80. The van der Waals surface area contributed by atoms with Crippen molar-refractivity contribution < 1.29 is 0 Å². The molecule has 0 saturated carbocycles. The first-order chi connectivity index (χ1) is 10.1. The van der Waals surface area contributed by atoms with Gasteiger partial charge in [-0.2, -0.15) is 5.10 Å². The molecule has 2 aromatic rings. The van der Waals surface area contributed by atoms with Crippen LogP contribution in [0.3, 0.4) is 0 Å². The minimum absolute atomic E-state index is 0.0500. The summed E-state index contributed by atoms with van der Waals surface area (Å²) < 4.78 is 1.01. The molecule has 6 heteroatoms. The second-order valence-corrected chi connectivity index (χ2v) is 6.46. The first-order valence-corrected chi connectivity index (χ1v) is 8.34. The van der Waals surface area contributed by atoms with Crippen molar-refractivity contribution in [2.45, 2.75) is 36.6 Å². The Balaban J connectivity index is 2.50. The molecule has 1 aromatic carbocycles. The summed E-state index contributed by atoms with van der Waals surface area (Å²) in [7, 11) is 0. The van der Waals surface area contributed by atoms with Gasteiger partial charge in [0.25, 0.3) is 0 Å². The number of aromatic nitrogens is 2. The van der Waals surface area contributed by atoms with Gasteiger partial charge in [0, 0.05) is 9.37 Å². The monoisotopic (exact) mass is 364 g/mol. The van der Waals surface area contributed by atoms with Gasteiger partial charge >= 0.3 is 0 Å².